The number of nitrogens with zero attached hydrogens (tertiary/aromatic N) is 1. The Kier molecular flexibility index (Phi) is 57.0. The first kappa shape index (κ1) is 75.0. The van der Waals surface area contributed by atoms with Gasteiger partial charge in [-0.15, -0.1) is 0 Å². The molecule has 0 saturated carbocycles. The van der Waals surface area contributed by atoms with Crippen molar-refractivity contribution in [3.8, 4) is 0 Å². The Morgan fingerprint density at radius 3 is 1.08 bits per heavy atom. The van der Waals surface area contributed by atoms with E-state index in [2.05, 4.69) is 123 Å². The molecule has 79 heavy (non-hydrogen) atoms. The molecular formula is C70H120NO8+. The maximum Gasteiger partial charge on any atom is 0.361 e. The van der Waals surface area contributed by atoms with Gasteiger partial charge in [-0.3, -0.25) is 9.59 Å². The van der Waals surface area contributed by atoms with Crippen LogP contribution < -0.4 is 0 Å². The minimum atomic E-state index is -1.53. The van der Waals surface area contributed by atoms with Crippen LogP contribution in [0.15, 0.2) is 109 Å². The molecule has 0 aliphatic heterocycles. The lowest BCUT2D eigenvalue weighted by Crippen LogP contribution is -2.40. The van der Waals surface area contributed by atoms with Crippen molar-refractivity contribution in [2.45, 2.75) is 270 Å². The first-order valence-electron chi connectivity index (χ1n) is 32.1. The van der Waals surface area contributed by atoms with Gasteiger partial charge in [0, 0.05) is 12.8 Å². The highest BCUT2D eigenvalue weighted by Gasteiger charge is 2.25. The molecule has 0 aromatic carbocycles. The van der Waals surface area contributed by atoms with Gasteiger partial charge in [0.05, 0.1) is 34.4 Å². The smallest absolute Gasteiger partial charge is 0.361 e. The summed E-state index contributed by atoms with van der Waals surface area (Å²) < 4.78 is 22.9. The van der Waals surface area contributed by atoms with Crippen LogP contribution in [0.1, 0.15) is 258 Å². The molecule has 0 aromatic rings. The van der Waals surface area contributed by atoms with Crippen LogP contribution in [0.2, 0.25) is 0 Å². The van der Waals surface area contributed by atoms with Crippen LogP contribution in [0.25, 0.3) is 0 Å². The summed E-state index contributed by atoms with van der Waals surface area (Å²) in [6.45, 7) is 4.74. The zero-order valence-electron chi connectivity index (χ0n) is 51.5. The van der Waals surface area contributed by atoms with E-state index in [1.165, 1.54) is 128 Å². The number of hydrogen-bond donors (Lipinski definition) is 1. The molecule has 0 saturated heterocycles. The van der Waals surface area contributed by atoms with Crippen molar-refractivity contribution in [2.75, 3.05) is 47.5 Å². The van der Waals surface area contributed by atoms with Crippen molar-refractivity contribution in [1.29, 1.82) is 0 Å². The van der Waals surface area contributed by atoms with Gasteiger partial charge in [0.15, 0.2) is 6.10 Å². The number of carbonyl (C=O) groups excluding carboxylic acids is 2. The molecular weight excluding hydrogens is 983 g/mol. The minimum Gasteiger partial charge on any atom is -0.477 e. The number of rotatable bonds is 58. The number of allylic oxidation sites excluding steroid dienone is 18. The van der Waals surface area contributed by atoms with Crippen LogP contribution in [0.4, 0.5) is 0 Å². The molecule has 0 radical (unpaired) electrons. The van der Waals surface area contributed by atoms with Gasteiger partial charge in [0.2, 0.25) is 0 Å². The van der Waals surface area contributed by atoms with Crippen LogP contribution in [0.3, 0.4) is 0 Å². The van der Waals surface area contributed by atoms with Crippen molar-refractivity contribution < 1.29 is 42.9 Å². The van der Waals surface area contributed by atoms with Crippen molar-refractivity contribution in [3.63, 3.8) is 0 Å². The van der Waals surface area contributed by atoms with E-state index in [-0.39, 0.29) is 32.2 Å². The number of likely N-dealkylation sites (N-methyl/N-ethyl adjacent to an activating group) is 1. The quantitative estimate of drug-likeness (QED) is 0.0211. The standard InChI is InChI=1S/C70H119NO8/c1-6-8-10-12-14-16-18-20-22-24-26-28-30-31-32-33-34-35-36-37-39-41-43-45-47-49-51-53-55-57-59-61-68(73)79-66(65-78-70(69(74)75)76-63-62-71(3,4)5)64-77-67(72)60-58-56-54-52-50-48-46-44-42-40-38-29-27-25-23-21-19-17-15-13-11-9-7-2/h8,10,14,16,20,22,26,28,31-32,34-35,37,39,43,45,49,51,66,70H,6-7,9,11-13,15,17-19,21,23-25,27,29-30,33,36,38,40-42,44,46-48,50,52-65H2,1-5H3/p+1/b10-8-,16-14-,22-20-,28-26-,32-31-,35-34-,39-37-,45-43-,51-49-. The largest absolute Gasteiger partial charge is 0.477 e. The summed E-state index contributed by atoms with van der Waals surface area (Å²) in [6.07, 6.45) is 80.4. The minimum absolute atomic E-state index is 0.176. The second kappa shape index (κ2) is 60.1. The van der Waals surface area contributed by atoms with Gasteiger partial charge in [-0.05, 0) is 83.5 Å². The van der Waals surface area contributed by atoms with Crippen molar-refractivity contribution in [3.05, 3.63) is 109 Å². The predicted octanol–water partition coefficient (Wildman–Crippen LogP) is 19.5. The fourth-order valence-corrected chi connectivity index (χ4v) is 8.65. The molecule has 452 valence electrons. The summed E-state index contributed by atoms with van der Waals surface area (Å²) in [7, 11) is 5.96. The zero-order chi connectivity index (χ0) is 57.6. The molecule has 2 atom stereocenters. The summed E-state index contributed by atoms with van der Waals surface area (Å²) in [6, 6.07) is 0. The fraction of sp³-hybridized carbons (Fsp3) is 0.700. The number of unbranched alkanes of at least 4 members (excludes halogenated alkanes) is 25. The Hall–Kier alpha value is -4.05. The van der Waals surface area contributed by atoms with Crippen LogP contribution in [-0.4, -0.2) is 87.4 Å². The van der Waals surface area contributed by atoms with Gasteiger partial charge in [0.25, 0.3) is 6.29 Å². The highest BCUT2D eigenvalue weighted by molar-refractivity contribution is 5.71. The molecule has 0 fully saturated rings. The highest BCUT2D eigenvalue weighted by Crippen LogP contribution is 2.17. The van der Waals surface area contributed by atoms with E-state index < -0.39 is 24.3 Å². The molecule has 9 heteroatoms. The second-order valence-corrected chi connectivity index (χ2v) is 22.3. The highest BCUT2D eigenvalue weighted by atomic mass is 16.7. The first-order chi connectivity index (χ1) is 38.6. The number of quaternary nitrogens is 1. The molecule has 0 aliphatic rings. The summed E-state index contributed by atoms with van der Waals surface area (Å²) in [5.41, 5.74) is 0. The summed E-state index contributed by atoms with van der Waals surface area (Å²) in [4.78, 5) is 37.5. The van der Waals surface area contributed by atoms with Crippen LogP contribution in [-0.2, 0) is 33.3 Å². The number of hydrogen-bond acceptors (Lipinski definition) is 7. The number of aliphatic carboxylic acids is 1. The molecule has 0 rings (SSSR count). The van der Waals surface area contributed by atoms with E-state index in [9.17, 15) is 19.5 Å². The summed E-state index contributed by atoms with van der Waals surface area (Å²) in [5.74, 6) is -2.05. The van der Waals surface area contributed by atoms with Gasteiger partial charge in [-0.2, -0.15) is 0 Å². The summed E-state index contributed by atoms with van der Waals surface area (Å²) >= 11 is 0. The van der Waals surface area contributed by atoms with E-state index in [4.69, 9.17) is 18.9 Å². The molecule has 0 heterocycles. The Labute approximate surface area is 485 Å². The number of ether oxygens (including phenoxy) is 4. The number of carboxylic acid groups (broad SMARTS) is 1. The van der Waals surface area contributed by atoms with Gasteiger partial charge >= 0.3 is 17.9 Å². The lowest BCUT2D eigenvalue weighted by Gasteiger charge is -2.25. The van der Waals surface area contributed by atoms with E-state index in [1.807, 2.05) is 21.1 Å². The van der Waals surface area contributed by atoms with Crippen molar-refractivity contribution in [2.24, 2.45) is 0 Å². The van der Waals surface area contributed by atoms with Gasteiger partial charge < -0.3 is 28.5 Å². The average molecular weight is 1100 g/mol. The van der Waals surface area contributed by atoms with E-state index in [0.717, 1.165) is 96.3 Å². The van der Waals surface area contributed by atoms with Crippen molar-refractivity contribution >= 4 is 17.9 Å². The van der Waals surface area contributed by atoms with Gasteiger partial charge in [-0.25, -0.2) is 4.79 Å². The van der Waals surface area contributed by atoms with Crippen LogP contribution in [0, 0.1) is 0 Å². The Morgan fingerprint density at radius 2 is 0.722 bits per heavy atom. The number of carbonyl (C=O) groups is 3. The molecule has 9 nitrogen and oxygen atoms in total. The Bertz CT molecular complexity index is 1660. The number of esters is 2. The molecule has 0 spiro atoms. The fourth-order valence-electron chi connectivity index (χ4n) is 8.65. The maximum atomic E-state index is 12.9. The van der Waals surface area contributed by atoms with E-state index in [0.29, 0.717) is 23.9 Å². The van der Waals surface area contributed by atoms with E-state index in [1.54, 1.807) is 0 Å². The third kappa shape index (κ3) is 61.4. The molecule has 0 aromatic heterocycles. The van der Waals surface area contributed by atoms with E-state index >= 15 is 0 Å². The second-order valence-electron chi connectivity index (χ2n) is 22.3. The van der Waals surface area contributed by atoms with Gasteiger partial charge in [-0.1, -0.05) is 271 Å². The first-order valence-corrected chi connectivity index (χ1v) is 32.1. The predicted molar refractivity (Wildman–Crippen MR) is 336 cm³/mol. The molecule has 1 N–H and O–H groups in total. The monoisotopic (exact) mass is 1100 g/mol. The maximum absolute atomic E-state index is 12.9. The van der Waals surface area contributed by atoms with Crippen molar-refractivity contribution in [1.82, 2.24) is 0 Å². The van der Waals surface area contributed by atoms with Gasteiger partial charge in [0.1, 0.15) is 13.2 Å². The third-order valence-corrected chi connectivity index (χ3v) is 13.5. The summed E-state index contributed by atoms with van der Waals surface area (Å²) in [5, 5.41) is 9.72. The number of carboxylic acids is 1. The lowest BCUT2D eigenvalue weighted by atomic mass is 10.0. The lowest BCUT2D eigenvalue weighted by molar-refractivity contribution is -0.870. The average Bonchev–Trinajstić information content (AvgIpc) is 3.42. The topological polar surface area (TPSA) is 108 Å². The SMILES string of the molecule is CC/C=C\C/C=C\C/C=C\C/C=C\C/C=C\C/C=C\C/C=C\C/C=C\C/C=C\CCCCCC(=O)OC(COC(=O)CCCCCCCCCCCCCCCCCCCCCCCCC)COC(OCC[N+](C)(C)C)C(=O)O. The normalized spacial score (nSPS) is 13.5. The van der Waals surface area contributed by atoms with Crippen LogP contribution >= 0.6 is 0 Å². The third-order valence-electron chi connectivity index (χ3n) is 13.5. The molecule has 2 unspecified atom stereocenters. The Balaban J connectivity index is 4.29. The van der Waals surface area contributed by atoms with Crippen LogP contribution in [0.5, 0.6) is 0 Å². The molecule has 0 aliphatic carbocycles. The molecule has 0 amide bonds. The zero-order valence-corrected chi connectivity index (χ0v) is 51.5. The Morgan fingerprint density at radius 1 is 0.392 bits per heavy atom. The molecule has 0 bridgehead atoms.